The van der Waals surface area contributed by atoms with Crippen LogP contribution >= 0.6 is 12.6 Å². The molecular weight excluding hydrogens is 643 g/mol. The van der Waals surface area contributed by atoms with E-state index in [9.17, 15) is 9.59 Å². The summed E-state index contributed by atoms with van der Waals surface area (Å²) in [7, 11) is 1.82. The average Bonchev–Trinajstić information content (AvgIpc) is 3.02. The van der Waals surface area contributed by atoms with Crippen LogP contribution in [0.15, 0.2) is 18.2 Å². The molecule has 297 valence electrons. The topological polar surface area (TPSA) is 43.4 Å². The summed E-state index contributed by atoms with van der Waals surface area (Å²) in [6, 6.07) is 6.37. The first kappa shape index (κ1) is 52.0. The van der Waals surface area contributed by atoms with Crippen molar-refractivity contribution in [1.29, 1.82) is 0 Å². The van der Waals surface area contributed by atoms with Crippen molar-refractivity contribution in [3.05, 3.63) is 29.3 Å². The van der Waals surface area contributed by atoms with Gasteiger partial charge in [0, 0.05) is 16.6 Å². The van der Waals surface area contributed by atoms with Crippen LogP contribution < -0.4 is 5.46 Å². The molecule has 1 fully saturated rings. The van der Waals surface area contributed by atoms with E-state index in [4.69, 9.17) is 4.65 Å². The molecule has 1 aromatic rings. The molecule has 0 spiro atoms. The monoisotopic (exact) mass is 730 g/mol. The molecule has 0 heterocycles. The van der Waals surface area contributed by atoms with Gasteiger partial charge in [-0.25, -0.2) is 0 Å². The highest BCUT2D eigenvalue weighted by Crippen LogP contribution is 2.39. The van der Waals surface area contributed by atoms with Crippen molar-refractivity contribution in [2.24, 2.45) is 29.1 Å². The van der Waals surface area contributed by atoms with Gasteiger partial charge in [0.1, 0.15) is 11.6 Å². The standard InChI is InChI=1S/C24H40BO2S.C8H16.C8H18.C6H12O/c1-10-14-24(15-11-2,21(26)17(3)4)20-13-12-19(16-18(20)5)25-27-22(6,7)23(8,9)28;1-3-4-8-5-7(2)6-8;1-5-7-8(3,4)6-2;1-4-5(2)6(3)7/h12-13,16-17,28H,10-11,14-15H2,1-9H3;7-8H,3-6H2,1-2H3;5-7H2,1-4H3;5H,4H2,1-3H3. The fraction of sp³-hybridized carbons (Fsp3) is 0.826. The molecule has 1 radical (unpaired) electrons. The minimum absolute atomic E-state index is 0.0329. The Morgan fingerprint density at radius 1 is 0.863 bits per heavy atom. The van der Waals surface area contributed by atoms with E-state index in [0.29, 0.717) is 17.0 Å². The van der Waals surface area contributed by atoms with Crippen LogP contribution in [0.3, 0.4) is 0 Å². The number of Topliss-reactive ketones (excluding diaryl/α,β-unsaturated/α-hetero) is 2. The van der Waals surface area contributed by atoms with Gasteiger partial charge >= 0.3 is 7.48 Å². The van der Waals surface area contributed by atoms with Gasteiger partial charge in [-0.05, 0) is 108 Å². The lowest BCUT2D eigenvalue weighted by atomic mass is 9.66. The molecule has 1 aromatic carbocycles. The van der Waals surface area contributed by atoms with Gasteiger partial charge in [-0.2, -0.15) is 12.6 Å². The van der Waals surface area contributed by atoms with Gasteiger partial charge in [-0.15, -0.1) is 0 Å². The second-order valence-electron chi connectivity index (χ2n) is 17.9. The molecular formula is C46H86BO3S. The highest BCUT2D eigenvalue weighted by atomic mass is 32.1. The zero-order valence-electron chi connectivity index (χ0n) is 37.3. The maximum absolute atomic E-state index is 13.3. The van der Waals surface area contributed by atoms with Crippen LogP contribution in [0.5, 0.6) is 0 Å². The van der Waals surface area contributed by atoms with Crippen molar-refractivity contribution in [2.45, 2.75) is 217 Å². The average molecular weight is 730 g/mol. The normalized spacial score (nSPS) is 16.7. The molecule has 0 N–H and O–H groups in total. The molecule has 1 atom stereocenters. The van der Waals surface area contributed by atoms with E-state index in [2.05, 4.69) is 107 Å². The lowest BCUT2D eigenvalue weighted by Gasteiger charge is -2.38. The molecule has 0 saturated heterocycles. The number of carbonyl (C=O) groups excluding carboxylic acids is 2. The van der Waals surface area contributed by atoms with Gasteiger partial charge in [-0.3, -0.25) is 9.59 Å². The Hall–Kier alpha value is -1.07. The summed E-state index contributed by atoms with van der Waals surface area (Å²) in [5.74, 6) is 3.11. The third kappa shape index (κ3) is 19.2. The van der Waals surface area contributed by atoms with Gasteiger partial charge in [-0.1, -0.05) is 145 Å². The molecule has 1 aliphatic carbocycles. The largest absolute Gasteiger partial charge is 0.428 e. The highest BCUT2D eigenvalue weighted by molar-refractivity contribution is 7.81. The van der Waals surface area contributed by atoms with Gasteiger partial charge in [0.15, 0.2) is 0 Å². The predicted molar refractivity (Wildman–Crippen MR) is 232 cm³/mol. The fourth-order valence-corrected chi connectivity index (χ4v) is 6.74. The zero-order valence-corrected chi connectivity index (χ0v) is 38.2. The third-order valence-corrected chi connectivity index (χ3v) is 12.0. The van der Waals surface area contributed by atoms with Crippen LogP contribution in [0.1, 0.15) is 206 Å². The molecule has 0 aromatic heterocycles. The second-order valence-corrected chi connectivity index (χ2v) is 19.0. The Bertz CT molecular complexity index is 1090. The molecule has 1 saturated carbocycles. The number of benzene rings is 1. The van der Waals surface area contributed by atoms with Crippen LogP contribution in [0.2, 0.25) is 0 Å². The minimum Gasteiger partial charge on any atom is -0.428 e. The van der Waals surface area contributed by atoms with E-state index in [1.54, 1.807) is 6.92 Å². The number of hydrogen-bond acceptors (Lipinski definition) is 4. The highest BCUT2D eigenvalue weighted by Gasteiger charge is 2.40. The first-order valence-corrected chi connectivity index (χ1v) is 21.3. The summed E-state index contributed by atoms with van der Waals surface area (Å²) >= 11 is 4.66. The van der Waals surface area contributed by atoms with Gasteiger partial charge in [0.25, 0.3) is 0 Å². The Morgan fingerprint density at radius 3 is 1.67 bits per heavy atom. The number of hydrogen-bond donors (Lipinski definition) is 1. The van der Waals surface area contributed by atoms with Crippen molar-refractivity contribution in [3.8, 4) is 0 Å². The molecule has 3 nitrogen and oxygen atoms in total. The van der Waals surface area contributed by atoms with Crippen molar-refractivity contribution >= 4 is 37.1 Å². The summed E-state index contributed by atoms with van der Waals surface area (Å²) in [6.45, 7) is 38.1. The molecule has 1 unspecified atom stereocenters. The molecule has 0 aliphatic heterocycles. The summed E-state index contributed by atoms with van der Waals surface area (Å²) in [5.41, 5.74) is 3.18. The first-order valence-electron chi connectivity index (χ1n) is 20.8. The molecule has 5 heteroatoms. The fourth-order valence-electron chi connectivity index (χ4n) is 6.69. The van der Waals surface area contributed by atoms with E-state index >= 15 is 0 Å². The minimum atomic E-state index is -0.398. The summed E-state index contributed by atoms with van der Waals surface area (Å²) < 4.78 is 5.81. The van der Waals surface area contributed by atoms with Gasteiger partial charge in [0.05, 0.1) is 11.0 Å². The van der Waals surface area contributed by atoms with Crippen molar-refractivity contribution in [1.82, 2.24) is 0 Å². The van der Waals surface area contributed by atoms with E-state index < -0.39 is 5.60 Å². The van der Waals surface area contributed by atoms with Crippen LogP contribution in [0, 0.1) is 36.0 Å². The number of aryl methyl sites for hydroxylation is 1. The molecule has 51 heavy (non-hydrogen) atoms. The zero-order chi connectivity index (χ0) is 40.2. The molecule has 0 amide bonds. The van der Waals surface area contributed by atoms with Crippen molar-refractivity contribution in [2.75, 3.05) is 0 Å². The van der Waals surface area contributed by atoms with E-state index in [1.807, 2.05) is 49.0 Å². The number of carbonyl (C=O) groups is 2. The van der Waals surface area contributed by atoms with E-state index in [0.717, 1.165) is 55.0 Å². The maximum Gasteiger partial charge on any atom is 0.330 e. The first-order chi connectivity index (χ1) is 23.4. The number of rotatable bonds is 18. The Kier molecular flexibility index (Phi) is 25.6. The second kappa shape index (κ2) is 25.1. The predicted octanol–water partition coefficient (Wildman–Crippen LogP) is 13.5. The molecule has 0 bridgehead atoms. The van der Waals surface area contributed by atoms with Crippen LogP contribution in [0.25, 0.3) is 0 Å². The Morgan fingerprint density at radius 2 is 1.37 bits per heavy atom. The lowest BCUT2D eigenvalue weighted by Crippen LogP contribution is -2.46. The van der Waals surface area contributed by atoms with Crippen molar-refractivity contribution < 1.29 is 14.2 Å². The van der Waals surface area contributed by atoms with Gasteiger partial charge in [0.2, 0.25) is 0 Å². The Balaban J connectivity index is 0. The smallest absolute Gasteiger partial charge is 0.330 e. The lowest BCUT2D eigenvalue weighted by molar-refractivity contribution is -0.128. The molecule has 1 aliphatic rings. The van der Waals surface area contributed by atoms with Gasteiger partial charge < -0.3 is 4.65 Å². The summed E-state index contributed by atoms with van der Waals surface area (Å²) in [6.07, 6.45) is 14.6. The van der Waals surface area contributed by atoms with E-state index in [-0.39, 0.29) is 22.0 Å². The van der Waals surface area contributed by atoms with Crippen LogP contribution in [-0.4, -0.2) is 29.4 Å². The third-order valence-electron chi connectivity index (χ3n) is 11.4. The Labute approximate surface area is 326 Å². The molecule has 2 rings (SSSR count). The summed E-state index contributed by atoms with van der Waals surface area (Å²) in [4.78, 5) is 23.7. The summed E-state index contributed by atoms with van der Waals surface area (Å²) in [5, 5.41) is 0. The van der Waals surface area contributed by atoms with Crippen LogP contribution in [-0.2, 0) is 19.7 Å². The number of thiol groups is 1. The van der Waals surface area contributed by atoms with Crippen LogP contribution in [0.4, 0.5) is 0 Å². The quantitative estimate of drug-likeness (QED) is 0.121. The maximum atomic E-state index is 13.3. The number of ketones is 2. The van der Waals surface area contributed by atoms with E-state index in [1.165, 1.54) is 50.5 Å². The SMILES string of the molecule is CCC(C)C(C)=O.CCCC(C)(C)CC.CCCC(CCC)(C(=O)C(C)C)c1ccc([B]OC(C)(C)C(C)(C)S)cc1C.CCCC1CC(C)C1. The van der Waals surface area contributed by atoms with Crippen molar-refractivity contribution in [3.63, 3.8) is 0 Å².